The van der Waals surface area contributed by atoms with Crippen molar-refractivity contribution in [3.8, 4) is 0 Å². The number of thiol groups is 1. The van der Waals surface area contributed by atoms with Gasteiger partial charge in [-0.05, 0) is 12.8 Å². The van der Waals surface area contributed by atoms with Crippen molar-refractivity contribution < 1.29 is 37.9 Å². The molecule has 0 N–H and O–H groups in total. The van der Waals surface area contributed by atoms with Crippen molar-refractivity contribution >= 4 is 12.6 Å². The first-order valence-electron chi connectivity index (χ1n) is 22.1. The molecule has 0 fully saturated rings. The summed E-state index contributed by atoms with van der Waals surface area (Å²) in [4.78, 5) is 0. The average Bonchev–Trinajstić information content (AvgIpc) is 3.15. The van der Waals surface area contributed by atoms with Crippen LogP contribution in [0.25, 0.3) is 0 Å². The zero-order valence-corrected chi connectivity index (χ0v) is 35.5. The van der Waals surface area contributed by atoms with Crippen molar-refractivity contribution in [3.63, 3.8) is 0 Å². The molecule has 9 heteroatoms. The largest absolute Gasteiger partial charge is 0.379 e. The molecule has 0 aliphatic heterocycles. The Balaban J connectivity index is 3.91. The molecule has 0 bridgehead atoms. The summed E-state index contributed by atoms with van der Waals surface area (Å²) in [5, 5.41) is 0. The molecule has 0 aromatic heterocycles. The molecule has 0 aliphatic rings. The Bertz CT molecular complexity index is 618. The highest BCUT2D eigenvalue weighted by atomic mass is 32.1. The van der Waals surface area contributed by atoms with E-state index >= 15 is 0 Å². The first-order chi connectivity index (χ1) is 25.8. The average molecular weight is 765 g/mol. The zero-order valence-electron chi connectivity index (χ0n) is 34.6. The zero-order chi connectivity index (χ0) is 37.5. The van der Waals surface area contributed by atoms with Crippen LogP contribution < -0.4 is 0 Å². The maximum Gasteiger partial charge on any atom is 0.104 e. The summed E-state index contributed by atoms with van der Waals surface area (Å²) in [6, 6.07) is 0. The maximum atomic E-state index is 6.24. The molecular weight excluding hydrogens is 677 g/mol. The van der Waals surface area contributed by atoms with Crippen LogP contribution in [0.5, 0.6) is 0 Å². The molecule has 1 atom stereocenters. The fourth-order valence-corrected chi connectivity index (χ4v) is 6.11. The van der Waals surface area contributed by atoms with Gasteiger partial charge in [0.05, 0.1) is 85.9 Å². The van der Waals surface area contributed by atoms with E-state index in [0.717, 1.165) is 31.8 Å². The van der Waals surface area contributed by atoms with Crippen molar-refractivity contribution in [2.24, 2.45) is 0 Å². The molecule has 0 saturated carbocycles. The van der Waals surface area contributed by atoms with Gasteiger partial charge >= 0.3 is 0 Å². The van der Waals surface area contributed by atoms with Crippen molar-refractivity contribution in [1.82, 2.24) is 0 Å². The summed E-state index contributed by atoms with van der Waals surface area (Å²) < 4.78 is 45.8. The first kappa shape index (κ1) is 52.0. The van der Waals surface area contributed by atoms with Gasteiger partial charge in [0.2, 0.25) is 0 Å². The third-order valence-electron chi connectivity index (χ3n) is 9.20. The van der Waals surface area contributed by atoms with Gasteiger partial charge in [-0.15, -0.1) is 0 Å². The van der Waals surface area contributed by atoms with E-state index in [0.29, 0.717) is 85.9 Å². The highest BCUT2D eigenvalue weighted by Gasteiger charge is 2.10. The minimum atomic E-state index is -0.0230. The Labute approximate surface area is 328 Å². The van der Waals surface area contributed by atoms with E-state index < -0.39 is 0 Å². The molecule has 314 valence electrons. The number of unbranched alkanes of at least 4 members (excludes halogenated alkanes) is 22. The van der Waals surface area contributed by atoms with Gasteiger partial charge in [0.1, 0.15) is 6.10 Å². The molecule has 0 radical (unpaired) electrons. The Kier molecular flexibility index (Phi) is 49.1. The van der Waals surface area contributed by atoms with Crippen LogP contribution in [-0.2, 0) is 37.9 Å². The predicted octanol–water partition coefficient (Wildman–Crippen LogP) is 10.8. The number of rotatable bonds is 48. The van der Waals surface area contributed by atoms with Gasteiger partial charge in [-0.1, -0.05) is 155 Å². The van der Waals surface area contributed by atoms with Crippen LogP contribution in [0.1, 0.15) is 168 Å². The van der Waals surface area contributed by atoms with Gasteiger partial charge < -0.3 is 37.9 Å². The molecule has 1 unspecified atom stereocenters. The third kappa shape index (κ3) is 46.2. The van der Waals surface area contributed by atoms with Crippen LogP contribution >= 0.6 is 12.6 Å². The fraction of sp³-hybridized carbons (Fsp3) is 1.00. The normalized spacial score (nSPS) is 12.3. The van der Waals surface area contributed by atoms with Crippen molar-refractivity contribution in [3.05, 3.63) is 0 Å². The lowest BCUT2D eigenvalue weighted by molar-refractivity contribution is -0.0702. The minimum absolute atomic E-state index is 0.0230. The second kappa shape index (κ2) is 49.0. The second-order valence-corrected chi connectivity index (χ2v) is 14.7. The van der Waals surface area contributed by atoms with Gasteiger partial charge in [-0.2, -0.15) is 12.6 Å². The molecule has 0 aliphatic carbocycles. The van der Waals surface area contributed by atoms with E-state index in [1.807, 2.05) is 0 Å². The third-order valence-corrected chi connectivity index (χ3v) is 9.38. The fourth-order valence-electron chi connectivity index (χ4n) is 5.98. The molecule has 0 heterocycles. The summed E-state index contributed by atoms with van der Waals surface area (Å²) in [7, 11) is 0. The minimum Gasteiger partial charge on any atom is -0.379 e. The van der Waals surface area contributed by atoms with E-state index in [2.05, 4.69) is 26.5 Å². The summed E-state index contributed by atoms with van der Waals surface area (Å²) in [6.07, 6.45) is 32.5. The smallest absolute Gasteiger partial charge is 0.104 e. The molecule has 8 nitrogen and oxygen atoms in total. The topological polar surface area (TPSA) is 73.8 Å². The van der Waals surface area contributed by atoms with Crippen LogP contribution in [0.3, 0.4) is 0 Å². The molecule has 0 saturated heterocycles. The van der Waals surface area contributed by atoms with E-state index in [-0.39, 0.29) is 6.10 Å². The molecule has 0 aromatic rings. The molecule has 0 aromatic carbocycles. The van der Waals surface area contributed by atoms with Crippen LogP contribution in [0.4, 0.5) is 0 Å². The standard InChI is InChI=1S/C43H88O8S/c1-3-5-7-9-11-13-15-17-19-21-23-25-27-49-41-43(51-28-26-24-22-20-18-16-14-12-10-8-6-4-2)42-50-38-37-47-34-33-45-30-29-44-31-32-46-35-36-48-39-40-52/h43,52H,3-42H2,1-2H3. The second-order valence-electron chi connectivity index (χ2n) is 14.2. The summed E-state index contributed by atoms with van der Waals surface area (Å²) >= 11 is 4.10. The number of hydrogen-bond acceptors (Lipinski definition) is 9. The van der Waals surface area contributed by atoms with Crippen molar-refractivity contribution in [2.75, 3.05) is 105 Å². The Hall–Kier alpha value is 0.0300. The van der Waals surface area contributed by atoms with E-state index in [1.54, 1.807) is 0 Å². The molecule has 0 amide bonds. The van der Waals surface area contributed by atoms with Gasteiger partial charge in [-0.25, -0.2) is 0 Å². The molecule has 52 heavy (non-hydrogen) atoms. The highest BCUT2D eigenvalue weighted by Crippen LogP contribution is 2.13. The van der Waals surface area contributed by atoms with Gasteiger partial charge in [0.25, 0.3) is 0 Å². The Morgan fingerprint density at radius 3 is 0.904 bits per heavy atom. The number of ether oxygens (including phenoxy) is 8. The predicted molar refractivity (Wildman–Crippen MR) is 221 cm³/mol. The van der Waals surface area contributed by atoms with Crippen LogP contribution in [0.2, 0.25) is 0 Å². The first-order valence-corrected chi connectivity index (χ1v) is 22.7. The highest BCUT2D eigenvalue weighted by molar-refractivity contribution is 7.80. The van der Waals surface area contributed by atoms with Gasteiger partial charge in [0.15, 0.2) is 0 Å². The summed E-state index contributed by atoms with van der Waals surface area (Å²) in [6.45, 7) is 13.5. The van der Waals surface area contributed by atoms with Crippen LogP contribution in [0, 0.1) is 0 Å². The lowest BCUT2D eigenvalue weighted by Crippen LogP contribution is -2.27. The summed E-state index contributed by atoms with van der Waals surface area (Å²) in [5.74, 6) is 0.729. The van der Waals surface area contributed by atoms with Crippen LogP contribution in [0.15, 0.2) is 0 Å². The quantitative estimate of drug-likeness (QED) is 0.0485. The lowest BCUT2D eigenvalue weighted by Gasteiger charge is -2.18. The van der Waals surface area contributed by atoms with Crippen molar-refractivity contribution in [2.45, 2.75) is 174 Å². The monoisotopic (exact) mass is 765 g/mol. The van der Waals surface area contributed by atoms with Crippen LogP contribution in [-0.4, -0.2) is 111 Å². The SMILES string of the molecule is CCCCCCCCCCCCCCOCC(COCCOCCOCCOCCOCCOCCS)OCCCCCCCCCCCCCC. The van der Waals surface area contributed by atoms with Gasteiger partial charge in [0, 0.05) is 19.0 Å². The molecule has 0 rings (SSSR count). The van der Waals surface area contributed by atoms with Gasteiger partial charge in [-0.3, -0.25) is 0 Å². The maximum absolute atomic E-state index is 6.24. The van der Waals surface area contributed by atoms with Crippen molar-refractivity contribution in [1.29, 1.82) is 0 Å². The van der Waals surface area contributed by atoms with E-state index in [1.165, 1.54) is 141 Å². The van der Waals surface area contributed by atoms with E-state index in [4.69, 9.17) is 37.9 Å². The summed E-state index contributed by atoms with van der Waals surface area (Å²) in [5.41, 5.74) is 0. The van der Waals surface area contributed by atoms with E-state index in [9.17, 15) is 0 Å². The molecular formula is C43H88O8S. The Morgan fingerprint density at radius 1 is 0.288 bits per heavy atom. The Morgan fingerprint density at radius 2 is 0.558 bits per heavy atom. The number of hydrogen-bond donors (Lipinski definition) is 1. The lowest BCUT2D eigenvalue weighted by atomic mass is 10.1. The molecule has 0 spiro atoms.